The molecule has 0 aromatic heterocycles. The number of aliphatic carboxylic acids is 1. The minimum atomic E-state index is -0.926. The number of ether oxygens (including phenoxy) is 1. The maximum Gasteiger partial charge on any atom is 0.307 e. The first-order chi connectivity index (χ1) is 9.15. The molecule has 3 rings (SSSR count). The molecule has 0 saturated carbocycles. The van der Waals surface area contributed by atoms with E-state index in [0.29, 0.717) is 11.3 Å². The van der Waals surface area contributed by atoms with Gasteiger partial charge in [-0.2, -0.15) is 0 Å². The number of hydrogen-bond acceptors (Lipinski definition) is 2. The molecule has 1 atom stereocenters. The van der Waals surface area contributed by atoms with E-state index in [-0.39, 0.29) is 12.2 Å². The summed E-state index contributed by atoms with van der Waals surface area (Å²) in [5, 5.41) is 8.94. The van der Waals surface area contributed by atoms with Crippen LogP contribution in [0.5, 0.6) is 5.75 Å². The summed E-state index contributed by atoms with van der Waals surface area (Å²) in [7, 11) is 0. The number of carboxylic acid groups (broad SMARTS) is 1. The van der Waals surface area contributed by atoms with Crippen LogP contribution in [0.4, 0.5) is 4.39 Å². The lowest BCUT2D eigenvalue weighted by molar-refractivity contribution is -0.138. The van der Waals surface area contributed by atoms with Gasteiger partial charge in [0.15, 0.2) is 0 Å². The fourth-order valence-electron chi connectivity index (χ4n) is 2.37. The topological polar surface area (TPSA) is 46.5 Å². The number of rotatable bonds is 2. The van der Waals surface area contributed by atoms with Gasteiger partial charge in [-0.15, -0.1) is 0 Å². The number of benzene rings is 2. The van der Waals surface area contributed by atoms with Gasteiger partial charge in [0, 0.05) is 11.1 Å². The predicted molar refractivity (Wildman–Crippen MR) is 67.5 cm³/mol. The fourth-order valence-corrected chi connectivity index (χ4v) is 2.37. The van der Waals surface area contributed by atoms with Crippen molar-refractivity contribution >= 4 is 5.97 Å². The largest absolute Gasteiger partial charge is 0.484 e. The van der Waals surface area contributed by atoms with Gasteiger partial charge in [0.05, 0.1) is 6.42 Å². The summed E-state index contributed by atoms with van der Waals surface area (Å²) in [6, 6.07) is 11.6. The summed E-state index contributed by atoms with van der Waals surface area (Å²) in [5.74, 6) is -0.745. The third kappa shape index (κ3) is 2.05. The average Bonchev–Trinajstić information content (AvgIpc) is 2.39. The lowest BCUT2D eigenvalue weighted by Gasteiger charge is -2.27. The number of carbonyl (C=O) groups is 1. The van der Waals surface area contributed by atoms with Crippen LogP contribution in [-0.2, 0) is 4.79 Å². The Labute approximate surface area is 109 Å². The summed E-state index contributed by atoms with van der Waals surface area (Å²) in [4.78, 5) is 10.9. The predicted octanol–water partition coefficient (Wildman–Crippen LogP) is 3.40. The first kappa shape index (κ1) is 11.7. The van der Waals surface area contributed by atoms with E-state index in [1.165, 1.54) is 18.2 Å². The van der Waals surface area contributed by atoms with E-state index < -0.39 is 12.1 Å². The van der Waals surface area contributed by atoms with Gasteiger partial charge >= 0.3 is 5.97 Å². The van der Waals surface area contributed by atoms with E-state index >= 15 is 0 Å². The Morgan fingerprint density at radius 2 is 2.00 bits per heavy atom. The van der Waals surface area contributed by atoms with Crippen LogP contribution in [-0.4, -0.2) is 11.1 Å². The molecule has 2 aromatic carbocycles. The van der Waals surface area contributed by atoms with E-state index in [1.54, 1.807) is 0 Å². The molecule has 1 N–H and O–H groups in total. The Morgan fingerprint density at radius 1 is 1.21 bits per heavy atom. The van der Waals surface area contributed by atoms with E-state index in [2.05, 4.69) is 0 Å². The van der Waals surface area contributed by atoms with Gasteiger partial charge in [-0.25, -0.2) is 4.39 Å². The second kappa shape index (κ2) is 4.39. The number of hydrogen-bond donors (Lipinski definition) is 1. The maximum atomic E-state index is 13.3. The van der Waals surface area contributed by atoms with Crippen molar-refractivity contribution in [1.82, 2.24) is 0 Å². The van der Waals surface area contributed by atoms with Gasteiger partial charge in [0.25, 0.3) is 0 Å². The molecule has 1 aliphatic rings. The van der Waals surface area contributed by atoms with E-state index in [4.69, 9.17) is 9.84 Å². The molecule has 1 aliphatic heterocycles. The summed E-state index contributed by atoms with van der Waals surface area (Å²) < 4.78 is 19.0. The highest BCUT2D eigenvalue weighted by molar-refractivity contribution is 5.77. The highest BCUT2D eigenvalue weighted by Gasteiger charge is 2.27. The van der Waals surface area contributed by atoms with Crippen LogP contribution < -0.4 is 4.74 Å². The molecule has 0 amide bonds. The first-order valence-electron chi connectivity index (χ1n) is 5.92. The van der Waals surface area contributed by atoms with E-state index in [0.717, 1.165) is 11.1 Å². The zero-order valence-corrected chi connectivity index (χ0v) is 9.97. The molecular formula is C15H11FO3. The van der Waals surface area contributed by atoms with Crippen LogP contribution in [0.25, 0.3) is 11.1 Å². The lowest BCUT2D eigenvalue weighted by Crippen LogP contribution is -2.17. The molecule has 19 heavy (non-hydrogen) atoms. The third-order valence-electron chi connectivity index (χ3n) is 3.17. The Morgan fingerprint density at radius 3 is 2.79 bits per heavy atom. The Hall–Kier alpha value is -2.36. The zero-order chi connectivity index (χ0) is 13.4. The standard InChI is InChI=1S/C15H11FO3/c16-9-5-6-13-12(7-9)10-3-1-2-4-11(10)14(19-13)8-15(17)18/h1-7,14H,8H2,(H,17,18). The van der Waals surface area contributed by atoms with Gasteiger partial charge in [-0.1, -0.05) is 24.3 Å². The Balaban J connectivity index is 2.15. The molecule has 96 valence electrons. The number of fused-ring (bicyclic) bond motifs is 3. The van der Waals surface area contributed by atoms with Crippen molar-refractivity contribution in [1.29, 1.82) is 0 Å². The molecule has 1 heterocycles. The second-order valence-electron chi connectivity index (χ2n) is 4.43. The van der Waals surface area contributed by atoms with Crippen LogP contribution in [0.3, 0.4) is 0 Å². The van der Waals surface area contributed by atoms with Crippen LogP contribution in [0.15, 0.2) is 42.5 Å². The van der Waals surface area contributed by atoms with Crippen molar-refractivity contribution < 1.29 is 19.0 Å². The minimum absolute atomic E-state index is 0.117. The third-order valence-corrected chi connectivity index (χ3v) is 3.17. The zero-order valence-electron chi connectivity index (χ0n) is 9.97. The summed E-state index contributed by atoms with van der Waals surface area (Å²) in [6.07, 6.45) is -0.653. The molecule has 0 aliphatic carbocycles. The number of carboxylic acids is 1. The van der Waals surface area contributed by atoms with E-state index in [1.807, 2.05) is 24.3 Å². The lowest BCUT2D eigenvalue weighted by atomic mass is 9.91. The normalized spacial score (nSPS) is 16.2. The quantitative estimate of drug-likeness (QED) is 0.898. The highest BCUT2D eigenvalue weighted by Crippen LogP contribution is 2.43. The molecule has 4 heteroatoms. The SMILES string of the molecule is O=C(O)CC1Oc2ccc(F)cc2-c2ccccc21. The summed E-state index contributed by atoms with van der Waals surface area (Å²) in [5.41, 5.74) is 2.27. The fraction of sp³-hybridized carbons (Fsp3) is 0.133. The van der Waals surface area contributed by atoms with Crippen LogP contribution in [0.1, 0.15) is 18.1 Å². The van der Waals surface area contributed by atoms with Crippen molar-refractivity contribution in [3.8, 4) is 16.9 Å². The first-order valence-corrected chi connectivity index (χ1v) is 5.92. The average molecular weight is 258 g/mol. The molecule has 0 saturated heterocycles. The molecule has 0 bridgehead atoms. The van der Waals surface area contributed by atoms with Crippen LogP contribution in [0, 0.1) is 5.82 Å². The molecule has 1 unspecified atom stereocenters. The van der Waals surface area contributed by atoms with Crippen molar-refractivity contribution in [2.75, 3.05) is 0 Å². The van der Waals surface area contributed by atoms with E-state index in [9.17, 15) is 9.18 Å². The Bertz CT molecular complexity index is 652. The van der Waals surface area contributed by atoms with Crippen LogP contribution in [0.2, 0.25) is 0 Å². The van der Waals surface area contributed by atoms with Crippen molar-refractivity contribution in [3.63, 3.8) is 0 Å². The van der Waals surface area contributed by atoms with Gasteiger partial charge < -0.3 is 9.84 Å². The van der Waals surface area contributed by atoms with Crippen molar-refractivity contribution in [2.24, 2.45) is 0 Å². The molecule has 0 fully saturated rings. The smallest absolute Gasteiger partial charge is 0.307 e. The van der Waals surface area contributed by atoms with Crippen molar-refractivity contribution in [2.45, 2.75) is 12.5 Å². The molecule has 0 radical (unpaired) electrons. The molecular weight excluding hydrogens is 247 g/mol. The molecule has 3 nitrogen and oxygen atoms in total. The monoisotopic (exact) mass is 258 g/mol. The summed E-state index contributed by atoms with van der Waals surface area (Å²) in [6.45, 7) is 0. The van der Waals surface area contributed by atoms with Crippen LogP contribution >= 0.6 is 0 Å². The maximum absolute atomic E-state index is 13.3. The van der Waals surface area contributed by atoms with Gasteiger partial charge in [-0.05, 0) is 23.8 Å². The van der Waals surface area contributed by atoms with Gasteiger partial charge in [-0.3, -0.25) is 4.79 Å². The van der Waals surface area contributed by atoms with Gasteiger partial charge in [0.2, 0.25) is 0 Å². The molecule has 2 aromatic rings. The van der Waals surface area contributed by atoms with Crippen molar-refractivity contribution in [3.05, 3.63) is 53.8 Å². The Kier molecular flexibility index (Phi) is 2.71. The second-order valence-corrected chi connectivity index (χ2v) is 4.43. The van der Waals surface area contributed by atoms with Gasteiger partial charge in [0.1, 0.15) is 17.7 Å². The molecule has 0 spiro atoms. The number of halogens is 1. The summed E-state index contributed by atoms with van der Waals surface area (Å²) >= 11 is 0. The highest BCUT2D eigenvalue weighted by atomic mass is 19.1. The minimum Gasteiger partial charge on any atom is -0.484 e.